The van der Waals surface area contributed by atoms with Crippen LogP contribution in [0.2, 0.25) is 10.0 Å². The molecule has 0 aliphatic rings. The molecule has 0 fully saturated rings. The summed E-state index contributed by atoms with van der Waals surface area (Å²) in [6.07, 6.45) is 1.57. The van der Waals surface area contributed by atoms with Crippen LogP contribution in [0.3, 0.4) is 0 Å². The average molecular weight is 397 g/mol. The van der Waals surface area contributed by atoms with Crippen LogP contribution in [-0.2, 0) is 11.8 Å². The van der Waals surface area contributed by atoms with Gasteiger partial charge in [-0.2, -0.15) is 0 Å². The van der Waals surface area contributed by atoms with E-state index in [9.17, 15) is 4.79 Å². The third-order valence-corrected chi connectivity index (χ3v) is 5.20. The van der Waals surface area contributed by atoms with E-state index in [2.05, 4.69) is 15.5 Å². The fourth-order valence-electron chi connectivity index (χ4n) is 2.09. The smallest absolute Gasteiger partial charge is 0.237 e. The number of para-hydroxylation sites is 1. The Morgan fingerprint density at radius 1 is 1.24 bits per heavy atom. The van der Waals surface area contributed by atoms with Crippen LogP contribution in [0.25, 0.3) is 11.6 Å². The molecule has 1 N–H and O–H groups in total. The number of carbonyl (C=O) groups is 1. The predicted octanol–water partition coefficient (Wildman–Crippen LogP) is 4.50. The van der Waals surface area contributed by atoms with Gasteiger partial charge in [0.25, 0.3) is 0 Å². The number of nitrogens with one attached hydrogen (secondary N) is 1. The van der Waals surface area contributed by atoms with Gasteiger partial charge in [0.2, 0.25) is 5.91 Å². The van der Waals surface area contributed by atoms with Crippen LogP contribution in [0.5, 0.6) is 0 Å². The van der Waals surface area contributed by atoms with Gasteiger partial charge in [0, 0.05) is 7.05 Å². The van der Waals surface area contributed by atoms with Crippen LogP contribution in [0.15, 0.2) is 46.2 Å². The number of carbonyl (C=O) groups excluding carboxylic acids is 1. The molecule has 0 saturated heterocycles. The summed E-state index contributed by atoms with van der Waals surface area (Å²) in [5.41, 5.74) is 0.400. The average Bonchev–Trinajstić information content (AvgIpc) is 3.21. The maximum absolute atomic E-state index is 12.4. The molecule has 2 aromatic heterocycles. The van der Waals surface area contributed by atoms with Crippen molar-refractivity contribution >= 4 is 46.6 Å². The monoisotopic (exact) mass is 396 g/mol. The number of furan rings is 1. The summed E-state index contributed by atoms with van der Waals surface area (Å²) in [7, 11) is 1.82. The van der Waals surface area contributed by atoms with Crippen molar-refractivity contribution < 1.29 is 9.21 Å². The summed E-state index contributed by atoms with van der Waals surface area (Å²) >= 11 is 13.4. The lowest BCUT2D eigenvalue weighted by atomic mass is 10.3. The molecule has 0 radical (unpaired) electrons. The Morgan fingerprint density at radius 2 is 1.96 bits per heavy atom. The first-order valence-corrected chi connectivity index (χ1v) is 8.95. The Bertz CT molecular complexity index is 875. The molecule has 0 aliphatic carbocycles. The second-order valence-electron chi connectivity index (χ2n) is 5.19. The van der Waals surface area contributed by atoms with E-state index in [1.54, 1.807) is 48.1 Å². The summed E-state index contributed by atoms with van der Waals surface area (Å²) in [4.78, 5) is 12.4. The number of thioether (sulfide) groups is 1. The molecule has 9 heteroatoms. The van der Waals surface area contributed by atoms with E-state index < -0.39 is 5.25 Å². The maximum atomic E-state index is 12.4. The number of rotatable bonds is 5. The molecule has 130 valence electrons. The quantitative estimate of drug-likeness (QED) is 0.642. The lowest BCUT2D eigenvalue weighted by Crippen LogP contribution is -2.23. The third kappa shape index (κ3) is 3.84. The molecule has 3 aromatic rings. The van der Waals surface area contributed by atoms with Gasteiger partial charge in [-0.25, -0.2) is 0 Å². The van der Waals surface area contributed by atoms with Crippen LogP contribution >= 0.6 is 35.0 Å². The molecule has 0 aliphatic heterocycles. The highest BCUT2D eigenvalue weighted by Crippen LogP contribution is 2.31. The normalized spacial score (nSPS) is 12.2. The Morgan fingerprint density at radius 3 is 2.60 bits per heavy atom. The Balaban J connectivity index is 1.72. The third-order valence-electron chi connectivity index (χ3n) is 3.44. The highest BCUT2D eigenvalue weighted by molar-refractivity contribution is 8.00. The minimum atomic E-state index is -0.431. The fraction of sp³-hybridized carbons (Fsp3) is 0.188. The minimum absolute atomic E-state index is 0.234. The molecule has 0 saturated carbocycles. The summed E-state index contributed by atoms with van der Waals surface area (Å²) in [6, 6.07) is 8.63. The number of benzene rings is 1. The van der Waals surface area contributed by atoms with E-state index >= 15 is 0 Å². The first-order chi connectivity index (χ1) is 12.0. The highest BCUT2D eigenvalue weighted by atomic mass is 35.5. The lowest BCUT2D eigenvalue weighted by Gasteiger charge is -2.13. The van der Waals surface area contributed by atoms with Crippen molar-refractivity contribution in [2.75, 3.05) is 5.32 Å². The molecule has 2 heterocycles. The van der Waals surface area contributed by atoms with Gasteiger partial charge in [0.15, 0.2) is 16.7 Å². The van der Waals surface area contributed by atoms with E-state index in [0.717, 1.165) is 0 Å². The first kappa shape index (κ1) is 17.8. The summed E-state index contributed by atoms with van der Waals surface area (Å²) in [5, 5.41) is 11.9. The zero-order valence-corrected chi connectivity index (χ0v) is 15.7. The minimum Gasteiger partial charge on any atom is -0.461 e. The molecule has 1 atom stereocenters. The Labute approximate surface area is 158 Å². The van der Waals surface area contributed by atoms with E-state index in [1.807, 2.05) is 7.05 Å². The van der Waals surface area contributed by atoms with Crippen molar-refractivity contribution in [1.29, 1.82) is 0 Å². The van der Waals surface area contributed by atoms with Crippen molar-refractivity contribution in [3.8, 4) is 11.6 Å². The molecule has 0 unspecified atom stereocenters. The fourth-order valence-corrected chi connectivity index (χ4v) is 3.40. The molecule has 6 nitrogen and oxygen atoms in total. The van der Waals surface area contributed by atoms with E-state index in [0.29, 0.717) is 32.5 Å². The zero-order valence-electron chi connectivity index (χ0n) is 13.4. The van der Waals surface area contributed by atoms with Gasteiger partial charge in [0.1, 0.15) is 0 Å². The van der Waals surface area contributed by atoms with Gasteiger partial charge >= 0.3 is 0 Å². The summed E-state index contributed by atoms with van der Waals surface area (Å²) in [6.45, 7) is 1.77. The van der Waals surface area contributed by atoms with Crippen LogP contribution in [0.4, 0.5) is 5.69 Å². The summed E-state index contributed by atoms with van der Waals surface area (Å²) < 4.78 is 7.10. The molecule has 1 amide bonds. The number of hydrogen-bond donors (Lipinski definition) is 1. The zero-order chi connectivity index (χ0) is 18.0. The molecule has 0 spiro atoms. The molecule has 3 rings (SSSR count). The number of hydrogen-bond acceptors (Lipinski definition) is 5. The van der Waals surface area contributed by atoms with Gasteiger partial charge < -0.3 is 14.3 Å². The predicted molar refractivity (Wildman–Crippen MR) is 99.1 cm³/mol. The topological polar surface area (TPSA) is 73.0 Å². The standard InChI is InChI=1S/C16H14Cl2N4O2S/c1-9(15(23)19-13-10(17)5-3-6-11(13)18)25-16-21-20-14(22(16)2)12-7-4-8-24-12/h3-9H,1-2H3,(H,19,23)/t9-/m1/s1. The SMILES string of the molecule is C[C@@H](Sc1nnc(-c2ccco2)n1C)C(=O)Nc1c(Cl)cccc1Cl. The number of anilines is 1. The van der Waals surface area contributed by atoms with Gasteiger partial charge in [-0.3, -0.25) is 4.79 Å². The van der Waals surface area contributed by atoms with Crippen LogP contribution in [0, 0.1) is 0 Å². The lowest BCUT2D eigenvalue weighted by molar-refractivity contribution is -0.115. The number of amides is 1. The Kier molecular flexibility index (Phi) is 5.36. The van der Waals surface area contributed by atoms with Crippen LogP contribution < -0.4 is 5.32 Å². The maximum Gasteiger partial charge on any atom is 0.237 e. The van der Waals surface area contributed by atoms with Crippen molar-refractivity contribution in [3.05, 3.63) is 46.6 Å². The molecule has 25 heavy (non-hydrogen) atoms. The largest absolute Gasteiger partial charge is 0.461 e. The number of aromatic nitrogens is 3. The van der Waals surface area contributed by atoms with Gasteiger partial charge in [-0.05, 0) is 31.2 Å². The molecular formula is C16H14Cl2N4O2S. The van der Waals surface area contributed by atoms with E-state index in [4.69, 9.17) is 27.6 Å². The van der Waals surface area contributed by atoms with Crippen molar-refractivity contribution in [2.24, 2.45) is 7.05 Å². The van der Waals surface area contributed by atoms with E-state index in [-0.39, 0.29) is 5.91 Å². The molecule has 1 aromatic carbocycles. The van der Waals surface area contributed by atoms with E-state index in [1.165, 1.54) is 11.8 Å². The van der Waals surface area contributed by atoms with Crippen molar-refractivity contribution in [3.63, 3.8) is 0 Å². The highest BCUT2D eigenvalue weighted by Gasteiger charge is 2.21. The molecular weight excluding hydrogens is 383 g/mol. The second-order valence-corrected chi connectivity index (χ2v) is 7.31. The molecule has 0 bridgehead atoms. The van der Waals surface area contributed by atoms with Gasteiger partial charge in [-0.1, -0.05) is 41.0 Å². The van der Waals surface area contributed by atoms with Crippen LogP contribution in [-0.4, -0.2) is 25.9 Å². The Hall–Kier alpha value is -1.96. The number of nitrogens with zero attached hydrogens (tertiary/aromatic N) is 3. The first-order valence-electron chi connectivity index (χ1n) is 7.32. The summed E-state index contributed by atoms with van der Waals surface area (Å²) in [5.74, 6) is 0.971. The van der Waals surface area contributed by atoms with Crippen molar-refractivity contribution in [2.45, 2.75) is 17.3 Å². The van der Waals surface area contributed by atoms with Crippen molar-refractivity contribution in [1.82, 2.24) is 14.8 Å². The van der Waals surface area contributed by atoms with Gasteiger partial charge in [-0.15, -0.1) is 10.2 Å². The van der Waals surface area contributed by atoms with Gasteiger partial charge in [0.05, 0.1) is 27.2 Å². The number of halogens is 2. The second kappa shape index (κ2) is 7.51. The van der Waals surface area contributed by atoms with Crippen LogP contribution in [0.1, 0.15) is 6.92 Å².